The van der Waals surface area contributed by atoms with E-state index in [9.17, 15) is 0 Å². The van der Waals surface area contributed by atoms with Crippen molar-refractivity contribution in [2.75, 3.05) is 0 Å². The lowest BCUT2D eigenvalue weighted by Gasteiger charge is -1.73. The molecule has 2 nitrogen and oxygen atoms in total. The molecular weight excluding hydrogens is 113 g/mol. The largest absolute Gasteiger partial charge is 0.365 e. The van der Waals surface area contributed by atoms with E-state index < -0.39 is 5.02 Å². The zero-order valence-electron chi connectivity index (χ0n) is 2.49. The van der Waals surface area contributed by atoms with Gasteiger partial charge in [0.05, 0.1) is 0 Å². The van der Waals surface area contributed by atoms with Crippen molar-refractivity contribution in [2.45, 2.75) is 5.02 Å². The minimum absolute atomic E-state index is 0. The molecule has 0 aromatic heterocycles. The maximum atomic E-state index is 7.59. The average molecular weight is 118 g/mol. The van der Waals surface area contributed by atoms with E-state index in [2.05, 4.69) is 23.2 Å². The van der Waals surface area contributed by atoms with Gasteiger partial charge in [-0.3, -0.25) is 0 Å². The summed E-state index contributed by atoms with van der Waals surface area (Å²) in [4.78, 5) is 0. The minimum atomic E-state index is -1.22. The van der Waals surface area contributed by atoms with Crippen LogP contribution in [0.15, 0.2) is 0 Å². The van der Waals surface area contributed by atoms with Crippen LogP contribution in [0.25, 0.3) is 0 Å². The van der Waals surface area contributed by atoms with Gasteiger partial charge in [-0.1, -0.05) is 23.2 Å². The van der Waals surface area contributed by atoms with Crippen molar-refractivity contribution in [3.63, 3.8) is 0 Å². The van der Waals surface area contributed by atoms with Gasteiger partial charge in [-0.15, -0.1) is 0 Å². The molecule has 0 aromatic rings. The number of rotatable bonds is 0. The van der Waals surface area contributed by atoms with E-state index in [1.54, 1.807) is 0 Å². The molecule has 5 heavy (non-hydrogen) atoms. The molecule has 0 radical (unpaired) electrons. The van der Waals surface area contributed by atoms with Gasteiger partial charge in [-0.05, 0) is 0 Å². The standard InChI is InChI=1S/CH2Cl2O.H3N/c2-1(3)4;/h1,4H;1H3. The van der Waals surface area contributed by atoms with E-state index in [4.69, 9.17) is 5.11 Å². The Kier molecular flexibility index (Phi) is 8.18. The highest BCUT2D eigenvalue weighted by Gasteiger charge is 1.76. The fourth-order valence-electron chi connectivity index (χ4n) is 0. The Labute approximate surface area is 40.3 Å². The number of aliphatic hydroxyl groups is 1. The first-order chi connectivity index (χ1) is 1.73. The first-order valence-corrected chi connectivity index (χ1v) is 1.57. The van der Waals surface area contributed by atoms with Crippen LogP contribution in [-0.2, 0) is 0 Å². The maximum absolute atomic E-state index is 7.59. The van der Waals surface area contributed by atoms with Crippen molar-refractivity contribution < 1.29 is 5.11 Å². The highest BCUT2D eigenvalue weighted by molar-refractivity contribution is 6.42. The molecule has 0 saturated carbocycles. The SMILES string of the molecule is N.OC(Cl)Cl. The van der Waals surface area contributed by atoms with Gasteiger partial charge in [-0.2, -0.15) is 0 Å². The Balaban J connectivity index is 0. The van der Waals surface area contributed by atoms with Crippen LogP contribution in [0.2, 0.25) is 0 Å². The zero-order valence-corrected chi connectivity index (χ0v) is 4.00. The first kappa shape index (κ1) is 9.09. The molecule has 4 N–H and O–H groups in total. The lowest BCUT2D eigenvalue weighted by Crippen LogP contribution is -1.73. The molecule has 34 valence electrons. The van der Waals surface area contributed by atoms with Crippen LogP contribution in [0.4, 0.5) is 0 Å². The molecule has 0 bridgehead atoms. The average Bonchev–Trinajstić information content (AvgIpc) is 0.811. The summed E-state index contributed by atoms with van der Waals surface area (Å²) >= 11 is 9.19. The summed E-state index contributed by atoms with van der Waals surface area (Å²) in [6.45, 7) is 0. The molecule has 0 amide bonds. The fraction of sp³-hybridized carbons (Fsp3) is 1.00. The van der Waals surface area contributed by atoms with Gasteiger partial charge in [0, 0.05) is 0 Å². The Morgan fingerprint density at radius 1 is 1.40 bits per heavy atom. The van der Waals surface area contributed by atoms with Gasteiger partial charge < -0.3 is 11.3 Å². The number of hydrogen-bond acceptors (Lipinski definition) is 2. The van der Waals surface area contributed by atoms with Gasteiger partial charge in [-0.25, -0.2) is 0 Å². The van der Waals surface area contributed by atoms with Gasteiger partial charge >= 0.3 is 0 Å². The van der Waals surface area contributed by atoms with E-state index in [0.717, 1.165) is 0 Å². The molecule has 0 aromatic carbocycles. The Morgan fingerprint density at radius 2 is 1.40 bits per heavy atom. The smallest absolute Gasteiger partial charge is 0.204 e. The molecular formula is CH5Cl2NO. The Hall–Kier alpha value is 0.500. The third-order valence-electron chi connectivity index (χ3n) is 0. The van der Waals surface area contributed by atoms with E-state index in [0.29, 0.717) is 0 Å². The molecule has 0 fully saturated rings. The lowest BCUT2D eigenvalue weighted by atomic mass is 11.7. The molecule has 0 aliphatic heterocycles. The van der Waals surface area contributed by atoms with Crippen molar-refractivity contribution in [1.82, 2.24) is 6.15 Å². The minimum Gasteiger partial charge on any atom is -0.365 e. The number of aliphatic hydroxyl groups excluding tert-OH is 1. The molecule has 0 unspecified atom stereocenters. The second-order valence-corrected chi connectivity index (χ2v) is 1.33. The summed E-state index contributed by atoms with van der Waals surface area (Å²) in [7, 11) is 0. The van der Waals surface area contributed by atoms with Gasteiger partial charge in [0.15, 0.2) is 0 Å². The normalized spacial score (nSPS) is 7.20. The number of alkyl halides is 2. The van der Waals surface area contributed by atoms with Gasteiger partial charge in [0.25, 0.3) is 0 Å². The van der Waals surface area contributed by atoms with Crippen LogP contribution in [0, 0.1) is 0 Å². The number of hydrogen-bond donors (Lipinski definition) is 2. The zero-order chi connectivity index (χ0) is 3.58. The van der Waals surface area contributed by atoms with Gasteiger partial charge in [0.2, 0.25) is 5.02 Å². The third-order valence-corrected chi connectivity index (χ3v) is 0. The summed E-state index contributed by atoms with van der Waals surface area (Å²) in [6.07, 6.45) is 0. The maximum Gasteiger partial charge on any atom is 0.204 e. The van der Waals surface area contributed by atoms with Crippen LogP contribution in [-0.4, -0.2) is 10.1 Å². The topological polar surface area (TPSA) is 55.2 Å². The molecule has 0 rings (SSSR count). The number of halogens is 2. The highest BCUT2D eigenvalue weighted by atomic mass is 35.5. The van der Waals surface area contributed by atoms with Crippen molar-refractivity contribution in [1.29, 1.82) is 0 Å². The van der Waals surface area contributed by atoms with Gasteiger partial charge in [0.1, 0.15) is 0 Å². The lowest BCUT2D eigenvalue weighted by molar-refractivity contribution is 0.333. The molecule has 4 heteroatoms. The second-order valence-electron chi connectivity index (χ2n) is 0.278. The van der Waals surface area contributed by atoms with Crippen LogP contribution < -0.4 is 6.15 Å². The predicted octanol–water partition coefficient (Wildman–Crippen LogP) is 0.902. The first-order valence-electron chi connectivity index (χ1n) is 0.695. The second kappa shape index (κ2) is 4.50. The van der Waals surface area contributed by atoms with E-state index in [-0.39, 0.29) is 6.15 Å². The summed E-state index contributed by atoms with van der Waals surface area (Å²) in [5.41, 5.74) is 0. The summed E-state index contributed by atoms with van der Waals surface area (Å²) in [5.74, 6) is 0. The predicted molar refractivity (Wildman–Crippen MR) is 22.7 cm³/mol. The Bertz CT molecular complexity index is 14.4. The van der Waals surface area contributed by atoms with Crippen molar-refractivity contribution in [3.8, 4) is 0 Å². The summed E-state index contributed by atoms with van der Waals surface area (Å²) in [5, 5.41) is 6.36. The Morgan fingerprint density at radius 3 is 1.40 bits per heavy atom. The summed E-state index contributed by atoms with van der Waals surface area (Å²) < 4.78 is 0. The van der Waals surface area contributed by atoms with Crippen LogP contribution >= 0.6 is 23.2 Å². The van der Waals surface area contributed by atoms with E-state index in [1.165, 1.54) is 0 Å². The highest BCUT2D eigenvalue weighted by Crippen LogP contribution is 1.90. The molecule has 0 saturated heterocycles. The van der Waals surface area contributed by atoms with Crippen LogP contribution in [0.1, 0.15) is 0 Å². The third kappa shape index (κ3) is 113. The van der Waals surface area contributed by atoms with Crippen molar-refractivity contribution in [3.05, 3.63) is 0 Å². The van der Waals surface area contributed by atoms with E-state index in [1.807, 2.05) is 0 Å². The summed E-state index contributed by atoms with van der Waals surface area (Å²) in [6, 6.07) is 0. The molecule has 0 heterocycles. The van der Waals surface area contributed by atoms with Crippen molar-refractivity contribution in [2.24, 2.45) is 0 Å². The molecule has 0 atom stereocenters. The van der Waals surface area contributed by atoms with Crippen LogP contribution in [0.3, 0.4) is 0 Å². The van der Waals surface area contributed by atoms with E-state index >= 15 is 0 Å². The quantitative estimate of drug-likeness (QED) is 0.464. The van der Waals surface area contributed by atoms with Crippen LogP contribution in [0.5, 0.6) is 0 Å². The van der Waals surface area contributed by atoms with Crippen molar-refractivity contribution >= 4 is 23.2 Å². The monoisotopic (exact) mass is 117 g/mol. The fourth-order valence-corrected chi connectivity index (χ4v) is 0. The molecule has 0 aliphatic carbocycles. The molecule has 0 spiro atoms. The molecule has 0 aliphatic rings.